The maximum atomic E-state index is 13.5. The largest absolute Gasteiger partial charge is 0.490 e. The third kappa shape index (κ3) is 5.09. The number of benzene rings is 2. The Hall–Kier alpha value is -4.12. The fraction of sp³-hybridized carbons (Fsp3) is 0.269. The lowest BCUT2D eigenvalue weighted by atomic mass is 9.78. The van der Waals surface area contributed by atoms with Crippen molar-refractivity contribution in [1.82, 2.24) is 10.3 Å². The normalized spacial score (nSPS) is 17.2. The average Bonchev–Trinajstić information content (AvgIpc) is 2.78. The van der Waals surface area contributed by atoms with Crippen molar-refractivity contribution in [3.05, 3.63) is 83.4 Å². The highest BCUT2D eigenvalue weighted by atomic mass is 19.1. The molecule has 174 valence electrons. The molecular formula is C26H24FN3O4. The van der Waals surface area contributed by atoms with E-state index in [0.29, 0.717) is 18.6 Å². The highest BCUT2D eigenvalue weighted by Gasteiger charge is 2.32. The number of amides is 1. The summed E-state index contributed by atoms with van der Waals surface area (Å²) in [4.78, 5) is 14.4. The Morgan fingerprint density at radius 3 is 2.26 bits per heavy atom. The lowest BCUT2D eigenvalue weighted by Crippen LogP contribution is -2.48. The predicted octanol–water partition coefficient (Wildman–Crippen LogP) is 5.39. The van der Waals surface area contributed by atoms with Gasteiger partial charge in [0.2, 0.25) is 0 Å². The molecule has 1 aliphatic rings. The molecule has 1 heterocycles. The van der Waals surface area contributed by atoms with E-state index in [2.05, 4.69) is 24.1 Å². The summed E-state index contributed by atoms with van der Waals surface area (Å²) < 4.78 is 25.1. The summed E-state index contributed by atoms with van der Waals surface area (Å²) in [6.45, 7) is 4.22. The first-order chi connectivity index (χ1) is 16.2. The van der Waals surface area contributed by atoms with Gasteiger partial charge in [-0.05, 0) is 35.4 Å². The van der Waals surface area contributed by atoms with E-state index in [4.69, 9.17) is 19.8 Å². The minimum absolute atomic E-state index is 0.0121. The van der Waals surface area contributed by atoms with Gasteiger partial charge in [-0.3, -0.25) is 0 Å². The van der Waals surface area contributed by atoms with Crippen LogP contribution in [0.4, 0.5) is 9.18 Å². The van der Waals surface area contributed by atoms with Gasteiger partial charge in [0.15, 0.2) is 11.4 Å². The van der Waals surface area contributed by atoms with Crippen molar-refractivity contribution in [1.29, 1.82) is 5.26 Å². The van der Waals surface area contributed by atoms with Gasteiger partial charge in [0, 0.05) is 30.4 Å². The van der Waals surface area contributed by atoms with Crippen LogP contribution in [-0.2, 0) is 5.41 Å². The third-order valence-corrected chi connectivity index (χ3v) is 6.03. The molecule has 3 aromatic rings. The van der Waals surface area contributed by atoms with E-state index in [1.54, 1.807) is 12.1 Å². The topological polar surface area (TPSA) is 104 Å². The molecule has 0 aliphatic heterocycles. The number of nitrogens with one attached hydrogen (secondary N) is 1. The maximum absolute atomic E-state index is 13.5. The Morgan fingerprint density at radius 2 is 1.71 bits per heavy atom. The standard InChI is InChI=1S/C26H24FN3O4/c1-26(2,16-3-7-20(8-4-16)33-22-12-19(13-22)30-25(31)32)17-5-9-21(10-6-17)34-24-11-18(27)15-29-23(24)14-28/h3-11,15,19,22,30H,12-13H2,1-2H3,(H,31,32)/t19-,22-. The number of nitriles is 1. The third-order valence-electron chi connectivity index (χ3n) is 6.03. The van der Waals surface area contributed by atoms with Crippen LogP contribution in [0.25, 0.3) is 0 Å². The Morgan fingerprint density at radius 1 is 1.12 bits per heavy atom. The molecule has 0 unspecified atom stereocenters. The second-order valence-electron chi connectivity index (χ2n) is 8.75. The molecule has 1 aromatic heterocycles. The Kier molecular flexibility index (Phi) is 6.37. The molecule has 4 rings (SSSR count). The first-order valence-electron chi connectivity index (χ1n) is 10.9. The van der Waals surface area contributed by atoms with Crippen molar-refractivity contribution >= 4 is 6.09 Å². The van der Waals surface area contributed by atoms with E-state index >= 15 is 0 Å². The summed E-state index contributed by atoms with van der Waals surface area (Å²) in [5, 5.41) is 20.4. The molecule has 0 saturated heterocycles. The number of carboxylic acid groups (broad SMARTS) is 1. The van der Waals surface area contributed by atoms with E-state index in [1.165, 1.54) is 0 Å². The summed E-state index contributed by atoms with van der Waals surface area (Å²) in [6.07, 6.45) is 1.31. The van der Waals surface area contributed by atoms with Gasteiger partial charge in [-0.15, -0.1) is 0 Å². The number of pyridine rings is 1. The van der Waals surface area contributed by atoms with Crippen molar-refractivity contribution in [3.8, 4) is 23.3 Å². The minimum atomic E-state index is -1.01. The Balaban J connectivity index is 1.40. The van der Waals surface area contributed by atoms with Gasteiger partial charge in [-0.1, -0.05) is 38.1 Å². The molecular weight excluding hydrogens is 437 g/mol. The van der Waals surface area contributed by atoms with Crippen LogP contribution in [0, 0.1) is 17.1 Å². The molecule has 1 fully saturated rings. The molecule has 8 heteroatoms. The molecule has 34 heavy (non-hydrogen) atoms. The van der Waals surface area contributed by atoms with Crippen molar-refractivity contribution in [3.63, 3.8) is 0 Å². The molecule has 1 aliphatic carbocycles. The SMILES string of the molecule is CC(C)(c1ccc(Oc2cc(F)cnc2C#N)cc1)c1ccc(O[C@H]2C[C@H](NC(=O)O)C2)cc1. The van der Waals surface area contributed by atoms with Crippen molar-refractivity contribution < 1.29 is 23.8 Å². The van der Waals surface area contributed by atoms with Crippen LogP contribution < -0.4 is 14.8 Å². The van der Waals surface area contributed by atoms with Crippen molar-refractivity contribution in [2.45, 2.75) is 44.2 Å². The lowest BCUT2D eigenvalue weighted by molar-refractivity contribution is 0.0833. The average molecular weight is 461 g/mol. The second-order valence-corrected chi connectivity index (χ2v) is 8.75. The van der Waals surface area contributed by atoms with Crippen LogP contribution in [0.2, 0.25) is 0 Å². The molecule has 2 N–H and O–H groups in total. The van der Waals surface area contributed by atoms with Crippen LogP contribution in [0.5, 0.6) is 17.2 Å². The second kappa shape index (κ2) is 9.40. The molecule has 7 nitrogen and oxygen atoms in total. The zero-order chi connectivity index (χ0) is 24.3. The van der Waals surface area contributed by atoms with Gasteiger partial charge in [0.05, 0.1) is 6.20 Å². The predicted molar refractivity (Wildman–Crippen MR) is 123 cm³/mol. The smallest absolute Gasteiger partial charge is 0.404 e. The minimum Gasteiger partial charge on any atom is -0.490 e. The van der Waals surface area contributed by atoms with Gasteiger partial charge >= 0.3 is 6.09 Å². The van der Waals surface area contributed by atoms with Gasteiger partial charge < -0.3 is 19.9 Å². The summed E-state index contributed by atoms with van der Waals surface area (Å²) in [5.74, 6) is 0.720. The summed E-state index contributed by atoms with van der Waals surface area (Å²) >= 11 is 0. The summed E-state index contributed by atoms with van der Waals surface area (Å²) in [5.41, 5.74) is 1.85. The van der Waals surface area contributed by atoms with Crippen molar-refractivity contribution in [2.24, 2.45) is 0 Å². The number of hydrogen-bond acceptors (Lipinski definition) is 5. The quantitative estimate of drug-likeness (QED) is 0.489. The molecule has 1 amide bonds. The zero-order valence-electron chi connectivity index (χ0n) is 18.8. The Labute approximate surface area is 196 Å². The van der Waals surface area contributed by atoms with Crippen molar-refractivity contribution in [2.75, 3.05) is 0 Å². The number of hydrogen-bond donors (Lipinski definition) is 2. The zero-order valence-corrected chi connectivity index (χ0v) is 18.8. The molecule has 1 saturated carbocycles. The van der Waals surface area contributed by atoms with E-state index in [-0.39, 0.29) is 29.0 Å². The van der Waals surface area contributed by atoms with Gasteiger partial charge in [-0.2, -0.15) is 5.26 Å². The van der Waals surface area contributed by atoms with E-state index in [1.807, 2.05) is 42.5 Å². The van der Waals surface area contributed by atoms with E-state index < -0.39 is 11.9 Å². The number of rotatable bonds is 7. The van der Waals surface area contributed by atoms with E-state index in [9.17, 15) is 9.18 Å². The number of carbonyl (C=O) groups is 1. The number of nitrogens with zero attached hydrogens (tertiary/aromatic N) is 2. The first kappa shape index (κ1) is 23.1. The molecule has 0 radical (unpaired) electrons. The van der Waals surface area contributed by atoms with Gasteiger partial charge in [0.25, 0.3) is 0 Å². The van der Waals surface area contributed by atoms with Crippen LogP contribution in [0.3, 0.4) is 0 Å². The van der Waals surface area contributed by atoms with E-state index in [0.717, 1.165) is 29.1 Å². The highest BCUT2D eigenvalue weighted by molar-refractivity contribution is 5.65. The maximum Gasteiger partial charge on any atom is 0.404 e. The van der Waals surface area contributed by atoms with Crippen LogP contribution in [0.15, 0.2) is 60.8 Å². The van der Waals surface area contributed by atoms with Crippen LogP contribution >= 0.6 is 0 Å². The Bertz CT molecular complexity index is 1210. The highest BCUT2D eigenvalue weighted by Crippen LogP contribution is 2.35. The fourth-order valence-electron chi connectivity index (χ4n) is 3.91. The lowest BCUT2D eigenvalue weighted by Gasteiger charge is -2.35. The monoisotopic (exact) mass is 461 g/mol. The number of aromatic nitrogens is 1. The van der Waals surface area contributed by atoms with Gasteiger partial charge in [0.1, 0.15) is 29.5 Å². The molecule has 0 atom stereocenters. The molecule has 2 aromatic carbocycles. The molecule has 0 spiro atoms. The summed E-state index contributed by atoms with van der Waals surface area (Å²) in [7, 11) is 0. The fourth-order valence-corrected chi connectivity index (χ4v) is 3.91. The molecule has 0 bridgehead atoms. The first-order valence-corrected chi connectivity index (χ1v) is 10.9. The van der Waals surface area contributed by atoms with Crippen LogP contribution in [0.1, 0.15) is 43.5 Å². The van der Waals surface area contributed by atoms with Gasteiger partial charge in [-0.25, -0.2) is 14.2 Å². The number of halogens is 1. The number of ether oxygens (including phenoxy) is 2. The van der Waals surface area contributed by atoms with Crippen LogP contribution in [-0.4, -0.2) is 28.3 Å². The summed E-state index contributed by atoms with van der Waals surface area (Å²) in [6, 6.07) is 18.3.